The molecule has 0 saturated carbocycles. The Morgan fingerprint density at radius 3 is 2.37 bits per heavy atom. The molecule has 0 bridgehead atoms. The van der Waals surface area contributed by atoms with Crippen LogP contribution in [0.5, 0.6) is 0 Å². The summed E-state index contributed by atoms with van der Waals surface area (Å²) in [6.07, 6.45) is 1.54. The molecule has 1 fully saturated rings. The summed E-state index contributed by atoms with van der Waals surface area (Å²) < 4.78 is 5.53. The summed E-state index contributed by atoms with van der Waals surface area (Å²) >= 11 is 0. The molecule has 0 spiro atoms. The Hall–Kier alpha value is -2.82. The topological polar surface area (TPSA) is 66.8 Å². The zero-order valence-corrected chi connectivity index (χ0v) is 15.9. The van der Waals surface area contributed by atoms with E-state index in [4.69, 9.17) is 4.74 Å². The minimum atomic E-state index is -0.943. The number of benzene rings is 2. The molecule has 1 amide bonds. The van der Waals surface area contributed by atoms with Gasteiger partial charge in [-0.25, -0.2) is 9.59 Å². The summed E-state index contributed by atoms with van der Waals surface area (Å²) in [5, 5.41) is 9.38. The number of hydrogen-bond acceptors (Lipinski definition) is 3. The third kappa shape index (κ3) is 4.30. The maximum Gasteiger partial charge on any atom is 0.410 e. The van der Waals surface area contributed by atoms with Crippen molar-refractivity contribution in [3.05, 3.63) is 59.7 Å². The summed E-state index contributed by atoms with van der Waals surface area (Å²) in [5.74, 6) is -0.943. The van der Waals surface area contributed by atoms with Crippen LogP contribution >= 0.6 is 0 Å². The van der Waals surface area contributed by atoms with Crippen molar-refractivity contribution in [3.63, 3.8) is 0 Å². The molecule has 5 nitrogen and oxygen atoms in total. The second-order valence-corrected chi connectivity index (χ2v) is 7.80. The highest BCUT2D eigenvalue weighted by Gasteiger charge is 2.33. The van der Waals surface area contributed by atoms with Crippen molar-refractivity contribution in [1.29, 1.82) is 0 Å². The van der Waals surface area contributed by atoms with Crippen molar-refractivity contribution in [2.75, 3.05) is 6.54 Å². The van der Waals surface area contributed by atoms with Gasteiger partial charge in [0, 0.05) is 6.54 Å². The van der Waals surface area contributed by atoms with Gasteiger partial charge < -0.3 is 14.7 Å². The first-order valence-electron chi connectivity index (χ1n) is 9.18. The number of carbonyl (C=O) groups is 2. The molecule has 1 N–H and O–H groups in total. The first kappa shape index (κ1) is 19.0. The Balaban J connectivity index is 1.83. The predicted molar refractivity (Wildman–Crippen MR) is 104 cm³/mol. The van der Waals surface area contributed by atoms with E-state index in [1.54, 1.807) is 23.1 Å². The Labute approximate surface area is 159 Å². The summed E-state index contributed by atoms with van der Waals surface area (Å²) in [6.45, 7) is 6.28. The van der Waals surface area contributed by atoms with Crippen LogP contribution < -0.4 is 0 Å². The van der Waals surface area contributed by atoms with Gasteiger partial charge in [0.05, 0.1) is 11.6 Å². The van der Waals surface area contributed by atoms with E-state index in [0.29, 0.717) is 12.1 Å². The normalized spacial score (nSPS) is 17.0. The Morgan fingerprint density at radius 1 is 1.07 bits per heavy atom. The number of aromatic carboxylic acids is 1. The third-order valence-electron chi connectivity index (χ3n) is 4.64. The largest absolute Gasteiger partial charge is 0.478 e. The van der Waals surface area contributed by atoms with Gasteiger partial charge >= 0.3 is 12.1 Å². The number of amides is 1. The molecule has 1 aliphatic heterocycles. The molecule has 0 aliphatic carbocycles. The average molecular weight is 367 g/mol. The van der Waals surface area contributed by atoms with Crippen molar-refractivity contribution in [2.24, 2.45) is 0 Å². The first-order valence-corrected chi connectivity index (χ1v) is 9.18. The highest BCUT2D eigenvalue weighted by Crippen LogP contribution is 2.34. The van der Waals surface area contributed by atoms with Crippen LogP contribution in [0, 0.1) is 0 Å². The molecule has 142 valence electrons. The van der Waals surface area contributed by atoms with Crippen LogP contribution in [0.15, 0.2) is 48.5 Å². The van der Waals surface area contributed by atoms with Gasteiger partial charge in [-0.05, 0) is 56.4 Å². The number of likely N-dealkylation sites (tertiary alicyclic amines) is 1. The van der Waals surface area contributed by atoms with E-state index in [1.807, 2.05) is 51.1 Å². The number of carbonyl (C=O) groups excluding carboxylic acids is 1. The summed E-state index contributed by atoms with van der Waals surface area (Å²) in [6, 6.07) is 14.7. The van der Waals surface area contributed by atoms with Gasteiger partial charge in [0.1, 0.15) is 5.60 Å². The minimum Gasteiger partial charge on any atom is -0.478 e. The zero-order chi connectivity index (χ0) is 19.6. The van der Waals surface area contributed by atoms with Crippen LogP contribution in [0.2, 0.25) is 0 Å². The molecule has 2 aromatic carbocycles. The Bertz CT molecular complexity index is 836. The van der Waals surface area contributed by atoms with Crippen LogP contribution in [-0.4, -0.2) is 34.2 Å². The van der Waals surface area contributed by atoms with Crippen molar-refractivity contribution in [1.82, 2.24) is 4.90 Å². The van der Waals surface area contributed by atoms with E-state index in [1.165, 1.54) is 0 Å². The van der Waals surface area contributed by atoms with Gasteiger partial charge in [0.15, 0.2) is 0 Å². The van der Waals surface area contributed by atoms with Crippen LogP contribution in [0.1, 0.15) is 55.6 Å². The molecule has 3 rings (SSSR count). The molecule has 27 heavy (non-hydrogen) atoms. The minimum absolute atomic E-state index is 0.0105. The van der Waals surface area contributed by atoms with Gasteiger partial charge in [0.2, 0.25) is 0 Å². The standard InChI is InChI=1S/C22H25NO4/c1-22(2,3)27-21(26)23-14-6-9-19(23)16-12-10-15(11-13-16)17-7-4-5-8-18(17)20(24)25/h4-5,7-8,10-13,19H,6,9,14H2,1-3H3,(H,24,25)/t19-/m0/s1. The smallest absolute Gasteiger partial charge is 0.410 e. The van der Waals surface area contributed by atoms with Crippen LogP contribution in [0.4, 0.5) is 4.79 Å². The van der Waals surface area contributed by atoms with E-state index in [-0.39, 0.29) is 17.7 Å². The summed E-state index contributed by atoms with van der Waals surface area (Å²) in [7, 11) is 0. The number of hydrogen-bond donors (Lipinski definition) is 1. The Morgan fingerprint density at radius 2 is 1.74 bits per heavy atom. The van der Waals surface area contributed by atoms with E-state index >= 15 is 0 Å². The lowest BCUT2D eigenvalue weighted by Gasteiger charge is -2.29. The van der Waals surface area contributed by atoms with E-state index < -0.39 is 11.6 Å². The van der Waals surface area contributed by atoms with Crippen molar-refractivity contribution < 1.29 is 19.4 Å². The second kappa shape index (κ2) is 7.43. The number of carboxylic acids is 1. The van der Waals surface area contributed by atoms with Crippen molar-refractivity contribution >= 4 is 12.1 Å². The molecule has 0 aromatic heterocycles. The van der Waals surface area contributed by atoms with E-state index in [0.717, 1.165) is 24.0 Å². The fourth-order valence-electron chi connectivity index (χ4n) is 3.46. The van der Waals surface area contributed by atoms with Gasteiger partial charge in [-0.15, -0.1) is 0 Å². The summed E-state index contributed by atoms with van der Waals surface area (Å²) in [4.78, 5) is 25.7. The second-order valence-electron chi connectivity index (χ2n) is 7.80. The lowest BCUT2D eigenvalue weighted by molar-refractivity contribution is 0.0224. The molecule has 1 aliphatic rings. The zero-order valence-electron chi connectivity index (χ0n) is 15.9. The maximum absolute atomic E-state index is 12.5. The van der Waals surface area contributed by atoms with E-state index in [9.17, 15) is 14.7 Å². The van der Waals surface area contributed by atoms with Gasteiger partial charge in [-0.2, -0.15) is 0 Å². The predicted octanol–water partition coefficient (Wildman–Crippen LogP) is 5.12. The van der Waals surface area contributed by atoms with Crippen LogP contribution in [0.3, 0.4) is 0 Å². The van der Waals surface area contributed by atoms with Gasteiger partial charge in [0.25, 0.3) is 0 Å². The van der Waals surface area contributed by atoms with Gasteiger partial charge in [-0.1, -0.05) is 42.5 Å². The molecule has 0 radical (unpaired) electrons. The monoisotopic (exact) mass is 367 g/mol. The quantitative estimate of drug-likeness (QED) is 0.817. The SMILES string of the molecule is CC(C)(C)OC(=O)N1CCC[C@H]1c1ccc(-c2ccccc2C(=O)O)cc1. The van der Waals surface area contributed by atoms with Crippen LogP contribution in [0.25, 0.3) is 11.1 Å². The first-order chi connectivity index (χ1) is 12.8. The van der Waals surface area contributed by atoms with Crippen molar-refractivity contribution in [3.8, 4) is 11.1 Å². The Kier molecular flexibility index (Phi) is 5.22. The highest BCUT2D eigenvalue weighted by atomic mass is 16.6. The maximum atomic E-state index is 12.5. The molecule has 0 unspecified atom stereocenters. The lowest BCUT2D eigenvalue weighted by Crippen LogP contribution is -2.36. The molecule has 1 atom stereocenters. The third-order valence-corrected chi connectivity index (χ3v) is 4.64. The average Bonchev–Trinajstić information content (AvgIpc) is 3.10. The lowest BCUT2D eigenvalue weighted by atomic mass is 9.96. The van der Waals surface area contributed by atoms with E-state index in [2.05, 4.69) is 0 Å². The van der Waals surface area contributed by atoms with Gasteiger partial charge in [-0.3, -0.25) is 0 Å². The molecular weight excluding hydrogens is 342 g/mol. The summed E-state index contributed by atoms with van der Waals surface area (Å²) in [5.41, 5.74) is 2.33. The fourth-order valence-corrected chi connectivity index (χ4v) is 3.46. The molecule has 1 saturated heterocycles. The van der Waals surface area contributed by atoms with Crippen molar-refractivity contribution in [2.45, 2.75) is 45.3 Å². The number of nitrogens with zero attached hydrogens (tertiary/aromatic N) is 1. The number of ether oxygens (including phenoxy) is 1. The number of carboxylic acid groups (broad SMARTS) is 1. The molecule has 1 heterocycles. The molecular formula is C22H25NO4. The molecule has 5 heteroatoms. The fraction of sp³-hybridized carbons (Fsp3) is 0.364. The molecule has 2 aromatic rings. The highest BCUT2D eigenvalue weighted by molar-refractivity contribution is 5.96. The number of rotatable bonds is 3. The van der Waals surface area contributed by atoms with Crippen LogP contribution in [-0.2, 0) is 4.74 Å².